The lowest BCUT2D eigenvalue weighted by Crippen LogP contribution is -2.32. The first-order valence-corrected chi connectivity index (χ1v) is 20.5. The molecule has 3 aromatic heterocycles. The summed E-state index contributed by atoms with van der Waals surface area (Å²) in [5, 5.41) is 0. The standard InChI is InChI=1S/C48H56N6O2/c1-6-53(7-2)29-11-31-56-42-23-15-36(16-24-42)48-45-27-19-39(51-45)32-37-17-25-43(49-37)47(44-26-18-38(50-44)33-40-20-28-46(48)52-40)35-13-21-41(22-14-35)55-30-10-12-34(5)54(8-3)9-4/h13-28,32-34,49,52H,6-12,29-31H2,1-5H3. The molecule has 5 heterocycles. The second-order valence-corrected chi connectivity index (χ2v) is 14.5. The summed E-state index contributed by atoms with van der Waals surface area (Å²) in [6.45, 7) is 17.9. The van der Waals surface area contributed by atoms with Crippen LogP contribution < -0.4 is 9.47 Å². The van der Waals surface area contributed by atoms with E-state index < -0.39 is 0 Å². The number of hydrogen-bond acceptors (Lipinski definition) is 6. The van der Waals surface area contributed by atoms with Crippen LogP contribution in [0.4, 0.5) is 0 Å². The fourth-order valence-corrected chi connectivity index (χ4v) is 7.73. The second kappa shape index (κ2) is 18.5. The van der Waals surface area contributed by atoms with Crippen molar-refractivity contribution in [1.82, 2.24) is 29.7 Å². The molecular formula is C48H56N6O2. The normalized spacial score (nSPS) is 12.8. The molecule has 8 heteroatoms. The summed E-state index contributed by atoms with van der Waals surface area (Å²) < 4.78 is 12.3. The molecule has 0 amide bonds. The smallest absolute Gasteiger partial charge is 0.119 e. The minimum Gasteiger partial charge on any atom is -0.494 e. The Hall–Kier alpha value is -5.44. The van der Waals surface area contributed by atoms with Gasteiger partial charge in [0.05, 0.1) is 36.0 Å². The molecule has 56 heavy (non-hydrogen) atoms. The van der Waals surface area contributed by atoms with Gasteiger partial charge in [-0.1, -0.05) is 52.0 Å². The molecule has 0 radical (unpaired) electrons. The average molecular weight is 749 g/mol. The van der Waals surface area contributed by atoms with Crippen LogP contribution >= 0.6 is 0 Å². The molecule has 2 N–H and O–H groups in total. The lowest BCUT2D eigenvalue weighted by atomic mass is 10.0. The Morgan fingerprint density at radius 3 is 1.52 bits per heavy atom. The molecule has 0 spiro atoms. The Kier molecular flexibility index (Phi) is 12.8. The third kappa shape index (κ3) is 9.32. The van der Waals surface area contributed by atoms with Crippen molar-refractivity contribution in [1.29, 1.82) is 0 Å². The van der Waals surface area contributed by atoms with Gasteiger partial charge in [-0.3, -0.25) is 0 Å². The van der Waals surface area contributed by atoms with Crippen LogP contribution in [0.25, 0.3) is 68.6 Å². The molecule has 0 fully saturated rings. The van der Waals surface area contributed by atoms with Gasteiger partial charge in [0.25, 0.3) is 0 Å². The van der Waals surface area contributed by atoms with Gasteiger partial charge < -0.3 is 29.2 Å². The molecule has 1 unspecified atom stereocenters. The fraction of sp³-hybridized carbons (Fsp3) is 0.333. The molecule has 1 atom stereocenters. The number of H-pyrrole nitrogens is 2. The lowest BCUT2D eigenvalue weighted by molar-refractivity contribution is 0.205. The van der Waals surface area contributed by atoms with Crippen molar-refractivity contribution in [2.24, 2.45) is 0 Å². The fourth-order valence-electron chi connectivity index (χ4n) is 7.73. The zero-order valence-corrected chi connectivity index (χ0v) is 33.6. The molecule has 8 bridgehead atoms. The highest BCUT2D eigenvalue weighted by molar-refractivity contribution is 5.93. The summed E-state index contributed by atoms with van der Waals surface area (Å²) in [5.41, 5.74) is 11.7. The van der Waals surface area contributed by atoms with Gasteiger partial charge in [-0.2, -0.15) is 0 Å². The number of aromatic nitrogens is 4. The quantitative estimate of drug-likeness (QED) is 0.0903. The van der Waals surface area contributed by atoms with Gasteiger partial charge in [-0.15, -0.1) is 0 Å². The third-order valence-corrected chi connectivity index (χ3v) is 10.9. The van der Waals surface area contributed by atoms with Gasteiger partial charge in [-0.05, 0) is 148 Å². The number of ether oxygens (including phenoxy) is 2. The second-order valence-electron chi connectivity index (χ2n) is 14.5. The zero-order valence-electron chi connectivity index (χ0n) is 33.6. The van der Waals surface area contributed by atoms with Crippen molar-refractivity contribution in [3.8, 4) is 33.8 Å². The van der Waals surface area contributed by atoms with Crippen LogP contribution in [0, 0.1) is 0 Å². The summed E-state index contributed by atoms with van der Waals surface area (Å²) >= 11 is 0. The van der Waals surface area contributed by atoms with Crippen molar-refractivity contribution in [2.75, 3.05) is 45.9 Å². The van der Waals surface area contributed by atoms with Crippen LogP contribution in [-0.4, -0.2) is 81.7 Å². The van der Waals surface area contributed by atoms with Crippen LogP contribution in [0.1, 0.15) is 76.7 Å². The molecule has 0 aliphatic carbocycles. The molecule has 2 aliphatic heterocycles. The number of hydrogen-bond donors (Lipinski definition) is 2. The molecule has 2 aliphatic rings. The number of nitrogens with one attached hydrogen (secondary N) is 2. The van der Waals surface area contributed by atoms with E-state index in [1.807, 2.05) is 0 Å². The van der Waals surface area contributed by atoms with E-state index in [-0.39, 0.29) is 0 Å². The Bertz CT molecular complexity index is 2290. The molecular weight excluding hydrogens is 693 g/mol. The van der Waals surface area contributed by atoms with Gasteiger partial charge in [0.15, 0.2) is 0 Å². The van der Waals surface area contributed by atoms with E-state index in [1.54, 1.807) is 0 Å². The van der Waals surface area contributed by atoms with Crippen LogP contribution in [0.3, 0.4) is 0 Å². The van der Waals surface area contributed by atoms with Crippen LogP contribution in [0.2, 0.25) is 0 Å². The maximum absolute atomic E-state index is 6.18. The van der Waals surface area contributed by atoms with Crippen LogP contribution in [0.15, 0.2) is 84.9 Å². The molecule has 7 rings (SSSR count). The summed E-state index contributed by atoms with van der Waals surface area (Å²) in [4.78, 5) is 22.5. The highest BCUT2D eigenvalue weighted by Crippen LogP contribution is 2.33. The minimum absolute atomic E-state index is 0.562. The first-order valence-electron chi connectivity index (χ1n) is 20.5. The van der Waals surface area contributed by atoms with Gasteiger partial charge in [0.1, 0.15) is 11.5 Å². The topological polar surface area (TPSA) is 82.3 Å². The summed E-state index contributed by atoms with van der Waals surface area (Å²) in [6.07, 6.45) is 11.5. The minimum atomic E-state index is 0.562. The van der Waals surface area contributed by atoms with E-state index in [9.17, 15) is 0 Å². The zero-order chi connectivity index (χ0) is 38.9. The van der Waals surface area contributed by atoms with E-state index in [0.717, 1.165) is 131 Å². The SMILES string of the molecule is CCN(CC)CCCOc1ccc(-c2c3nc(cc4ccc([nH]4)c(-c4ccc(OCCCC(C)N(CC)CC)cc4)c4nc(cc5ccc2[nH]5)C=C4)C=C3)cc1. The van der Waals surface area contributed by atoms with Crippen molar-refractivity contribution in [3.63, 3.8) is 0 Å². The predicted molar refractivity (Wildman–Crippen MR) is 235 cm³/mol. The number of aromatic amines is 2. The van der Waals surface area contributed by atoms with Gasteiger partial charge in [-0.25, -0.2) is 9.97 Å². The molecule has 0 saturated heterocycles. The Labute approximate surface area is 332 Å². The Balaban J connectivity index is 1.19. The number of benzene rings is 2. The van der Waals surface area contributed by atoms with E-state index >= 15 is 0 Å². The monoisotopic (exact) mass is 748 g/mol. The van der Waals surface area contributed by atoms with E-state index in [4.69, 9.17) is 19.4 Å². The highest BCUT2D eigenvalue weighted by Gasteiger charge is 2.14. The van der Waals surface area contributed by atoms with Crippen molar-refractivity contribution in [3.05, 3.63) is 108 Å². The molecule has 5 aromatic rings. The Morgan fingerprint density at radius 2 is 1.05 bits per heavy atom. The van der Waals surface area contributed by atoms with E-state index in [0.29, 0.717) is 19.3 Å². The average Bonchev–Trinajstić information content (AvgIpc) is 4.06. The number of rotatable bonds is 17. The van der Waals surface area contributed by atoms with E-state index in [1.165, 1.54) is 0 Å². The predicted octanol–water partition coefficient (Wildman–Crippen LogP) is 11.0. The van der Waals surface area contributed by atoms with Crippen molar-refractivity contribution < 1.29 is 9.47 Å². The van der Waals surface area contributed by atoms with Crippen molar-refractivity contribution in [2.45, 2.75) is 59.9 Å². The number of fused-ring (bicyclic) bond motifs is 8. The highest BCUT2D eigenvalue weighted by atomic mass is 16.5. The number of nitrogens with zero attached hydrogens (tertiary/aromatic N) is 4. The lowest BCUT2D eigenvalue weighted by Gasteiger charge is -2.26. The van der Waals surface area contributed by atoms with Gasteiger partial charge >= 0.3 is 0 Å². The first kappa shape index (κ1) is 38.8. The maximum atomic E-state index is 6.18. The van der Waals surface area contributed by atoms with Crippen LogP contribution in [-0.2, 0) is 0 Å². The third-order valence-electron chi connectivity index (χ3n) is 10.9. The van der Waals surface area contributed by atoms with Gasteiger partial charge in [0, 0.05) is 45.8 Å². The summed E-state index contributed by atoms with van der Waals surface area (Å²) in [5.74, 6) is 1.75. The largest absolute Gasteiger partial charge is 0.494 e. The van der Waals surface area contributed by atoms with Crippen molar-refractivity contribution >= 4 is 46.4 Å². The van der Waals surface area contributed by atoms with Crippen LogP contribution in [0.5, 0.6) is 11.5 Å². The summed E-state index contributed by atoms with van der Waals surface area (Å²) in [6, 6.07) is 30.0. The van der Waals surface area contributed by atoms with E-state index in [2.05, 4.69) is 164 Å². The maximum Gasteiger partial charge on any atom is 0.119 e. The summed E-state index contributed by atoms with van der Waals surface area (Å²) in [7, 11) is 0. The first-order chi connectivity index (χ1) is 27.4. The Morgan fingerprint density at radius 1 is 0.571 bits per heavy atom. The molecule has 2 aromatic carbocycles. The van der Waals surface area contributed by atoms with Gasteiger partial charge in [0.2, 0.25) is 0 Å². The molecule has 290 valence electrons. The molecule has 0 saturated carbocycles. The molecule has 8 nitrogen and oxygen atoms in total.